The van der Waals surface area contributed by atoms with Crippen LogP contribution < -0.4 is 5.32 Å². The third-order valence-corrected chi connectivity index (χ3v) is 4.54. The number of halogens is 4. The van der Waals surface area contributed by atoms with Crippen molar-refractivity contribution >= 4 is 28.6 Å². The number of anilines is 1. The van der Waals surface area contributed by atoms with Crippen molar-refractivity contribution in [1.82, 2.24) is 19.8 Å². The van der Waals surface area contributed by atoms with Gasteiger partial charge in [0.2, 0.25) is 6.41 Å². The average Bonchev–Trinajstić information content (AvgIpc) is 3.25. The number of carbonyl (C=O) groups is 1. The van der Waals surface area contributed by atoms with Gasteiger partial charge in [0.1, 0.15) is 11.4 Å². The standard InChI is InChI=1S/C18H13F4N5O/c1-2-11-14(9-3-4-27-10(5-9)6-13(26-27)23-8-28)12-7-24-25-17(12)15(16(11)19)18(20,21)22/h3-8H,2H2,1H3,(H,24,25)(H,23,26,28). The molecule has 0 saturated heterocycles. The number of hydrogen-bond acceptors (Lipinski definition) is 3. The number of H-pyrrole nitrogens is 1. The predicted octanol–water partition coefficient (Wildman–Crippen LogP) is 4.17. The molecular formula is C18H13F4N5O. The number of hydrogen-bond donors (Lipinski definition) is 2. The number of fused-ring (bicyclic) bond motifs is 2. The first-order valence-electron chi connectivity index (χ1n) is 8.29. The molecule has 4 aromatic rings. The Kier molecular flexibility index (Phi) is 4.06. The normalized spacial score (nSPS) is 12.0. The largest absolute Gasteiger partial charge is 0.421 e. The van der Waals surface area contributed by atoms with Gasteiger partial charge in [-0.3, -0.25) is 9.89 Å². The number of benzene rings is 1. The highest BCUT2D eigenvalue weighted by Crippen LogP contribution is 2.43. The lowest BCUT2D eigenvalue weighted by Crippen LogP contribution is -2.12. The average molecular weight is 391 g/mol. The highest BCUT2D eigenvalue weighted by Gasteiger charge is 2.39. The fraction of sp³-hybridized carbons (Fsp3) is 0.167. The van der Waals surface area contributed by atoms with Crippen LogP contribution in [0.25, 0.3) is 27.5 Å². The molecule has 0 aliphatic rings. The molecule has 144 valence electrons. The third kappa shape index (κ3) is 2.68. The van der Waals surface area contributed by atoms with Crippen molar-refractivity contribution in [2.24, 2.45) is 0 Å². The van der Waals surface area contributed by atoms with E-state index in [1.807, 2.05) is 0 Å². The Bertz CT molecular complexity index is 1210. The maximum absolute atomic E-state index is 14.9. The zero-order valence-electron chi connectivity index (χ0n) is 14.4. The Labute approximate surface area is 155 Å². The minimum Gasteiger partial charge on any atom is -0.312 e. The van der Waals surface area contributed by atoms with Gasteiger partial charge in [-0.1, -0.05) is 6.92 Å². The number of rotatable bonds is 4. The number of aromatic nitrogens is 4. The number of amides is 1. The second kappa shape index (κ2) is 6.32. The molecule has 0 aliphatic heterocycles. The van der Waals surface area contributed by atoms with E-state index in [0.717, 1.165) is 0 Å². The van der Waals surface area contributed by atoms with Crippen LogP contribution in [0.15, 0.2) is 30.6 Å². The van der Waals surface area contributed by atoms with E-state index >= 15 is 0 Å². The van der Waals surface area contributed by atoms with Crippen LogP contribution in [0, 0.1) is 5.82 Å². The summed E-state index contributed by atoms with van der Waals surface area (Å²) >= 11 is 0. The summed E-state index contributed by atoms with van der Waals surface area (Å²) in [5.74, 6) is -0.992. The van der Waals surface area contributed by atoms with Crippen LogP contribution in [0.3, 0.4) is 0 Å². The molecule has 10 heteroatoms. The van der Waals surface area contributed by atoms with E-state index in [1.165, 1.54) is 10.7 Å². The molecule has 0 aliphatic carbocycles. The summed E-state index contributed by atoms with van der Waals surface area (Å²) in [6, 6.07) is 4.88. The lowest BCUT2D eigenvalue weighted by atomic mass is 9.91. The third-order valence-electron chi connectivity index (χ3n) is 4.54. The van der Waals surface area contributed by atoms with Crippen molar-refractivity contribution < 1.29 is 22.4 Å². The van der Waals surface area contributed by atoms with Gasteiger partial charge in [0, 0.05) is 17.6 Å². The van der Waals surface area contributed by atoms with Gasteiger partial charge in [-0.25, -0.2) is 8.91 Å². The Morgan fingerprint density at radius 3 is 2.79 bits per heavy atom. The second-order valence-corrected chi connectivity index (χ2v) is 6.13. The van der Waals surface area contributed by atoms with Crippen LogP contribution in [0.2, 0.25) is 0 Å². The minimum absolute atomic E-state index is 0.0451. The fourth-order valence-corrected chi connectivity index (χ4v) is 3.41. The zero-order chi connectivity index (χ0) is 20.1. The van der Waals surface area contributed by atoms with Gasteiger partial charge in [0.05, 0.1) is 17.2 Å². The summed E-state index contributed by atoms with van der Waals surface area (Å²) in [6.45, 7) is 1.59. The van der Waals surface area contributed by atoms with Crippen molar-refractivity contribution in [2.75, 3.05) is 5.32 Å². The lowest BCUT2D eigenvalue weighted by Gasteiger charge is -2.17. The summed E-state index contributed by atoms with van der Waals surface area (Å²) in [5, 5.41) is 12.7. The van der Waals surface area contributed by atoms with E-state index in [4.69, 9.17) is 0 Å². The Hall–Kier alpha value is -3.43. The molecule has 3 heterocycles. The van der Waals surface area contributed by atoms with E-state index < -0.39 is 23.1 Å². The quantitative estimate of drug-likeness (QED) is 0.405. The molecule has 28 heavy (non-hydrogen) atoms. The molecule has 3 aromatic heterocycles. The minimum atomic E-state index is -4.86. The highest BCUT2D eigenvalue weighted by atomic mass is 19.4. The molecule has 0 saturated carbocycles. The summed E-state index contributed by atoms with van der Waals surface area (Å²) in [5.41, 5.74) is -0.346. The highest BCUT2D eigenvalue weighted by molar-refractivity contribution is 5.99. The maximum atomic E-state index is 14.9. The first kappa shape index (κ1) is 18.0. The van der Waals surface area contributed by atoms with Crippen molar-refractivity contribution in [3.8, 4) is 11.1 Å². The lowest BCUT2D eigenvalue weighted by molar-refractivity contribution is -0.138. The summed E-state index contributed by atoms with van der Waals surface area (Å²) < 4.78 is 56.8. The molecule has 4 rings (SSSR count). The summed E-state index contributed by atoms with van der Waals surface area (Å²) in [7, 11) is 0. The smallest absolute Gasteiger partial charge is 0.312 e. The van der Waals surface area contributed by atoms with Crippen LogP contribution in [-0.4, -0.2) is 26.2 Å². The number of aromatic amines is 1. The number of pyridine rings is 1. The first-order chi connectivity index (χ1) is 13.3. The topological polar surface area (TPSA) is 75.1 Å². The van der Waals surface area contributed by atoms with Crippen LogP contribution in [0.4, 0.5) is 23.4 Å². The number of alkyl halides is 3. The van der Waals surface area contributed by atoms with Crippen molar-refractivity contribution in [2.45, 2.75) is 19.5 Å². The van der Waals surface area contributed by atoms with Gasteiger partial charge in [0.15, 0.2) is 5.82 Å². The van der Waals surface area contributed by atoms with Gasteiger partial charge in [-0.05, 0) is 35.2 Å². The van der Waals surface area contributed by atoms with Crippen LogP contribution >= 0.6 is 0 Å². The van der Waals surface area contributed by atoms with Gasteiger partial charge in [0.25, 0.3) is 0 Å². The van der Waals surface area contributed by atoms with Gasteiger partial charge < -0.3 is 5.32 Å². The van der Waals surface area contributed by atoms with E-state index in [0.29, 0.717) is 28.9 Å². The van der Waals surface area contributed by atoms with Crippen LogP contribution in [0.5, 0.6) is 0 Å². The van der Waals surface area contributed by atoms with Crippen LogP contribution in [-0.2, 0) is 17.4 Å². The maximum Gasteiger partial charge on any atom is 0.421 e. The number of nitrogens with zero attached hydrogens (tertiary/aromatic N) is 3. The Morgan fingerprint density at radius 1 is 1.32 bits per heavy atom. The molecule has 0 radical (unpaired) electrons. The summed E-state index contributed by atoms with van der Waals surface area (Å²) in [6.07, 6.45) is -1.46. The first-order valence-corrected chi connectivity index (χ1v) is 8.29. The molecular weight excluding hydrogens is 378 g/mol. The molecule has 1 aromatic carbocycles. The van der Waals surface area contributed by atoms with Crippen molar-refractivity contribution in [1.29, 1.82) is 0 Å². The Balaban J connectivity index is 2.02. The molecule has 0 fully saturated rings. The molecule has 0 spiro atoms. The second-order valence-electron chi connectivity index (χ2n) is 6.13. The van der Waals surface area contributed by atoms with Gasteiger partial charge in [-0.2, -0.15) is 23.4 Å². The fourth-order valence-electron chi connectivity index (χ4n) is 3.41. The zero-order valence-corrected chi connectivity index (χ0v) is 14.4. The van der Waals surface area contributed by atoms with E-state index in [9.17, 15) is 22.4 Å². The molecule has 0 bridgehead atoms. The predicted molar refractivity (Wildman–Crippen MR) is 94.3 cm³/mol. The van der Waals surface area contributed by atoms with Gasteiger partial charge in [-0.15, -0.1) is 0 Å². The SMILES string of the molecule is CCc1c(F)c(C(F)(F)F)c2[nH]ncc2c1-c1ccn2nc(NC=O)cc2c1. The van der Waals surface area contributed by atoms with E-state index in [2.05, 4.69) is 20.6 Å². The Morgan fingerprint density at radius 2 is 2.11 bits per heavy atom. The molecule has 1 amide bonds. The number of nitrogens with one attached hydrogen (secondary N) is 2. The molecule has 0 atom stereocenters. The summed E-state index contributed by atoms with van der Waals surface area (Å²) in [4.78, 5) is 10.6. The molecule has 6 nitrogen and oxygen atoms in total. The van der Waals surface area contributed by atoms with E-state index in [-0.39, 0.29) is 17.4 Å². The number of carbonyl (C=O) groups excluding carboxylic acids is 1. The van der Waals surface area contributed by atoms with Crippen LogP contribution in [0.1, 0.15) is 18.1 Å². The van der Waals surface area contributed by atoms with E-state index in [1.54, 1.807) is 31.3 Å². The monoisotopic (exact) mass is 391 g/mol. The molecule has 0 unspecified atom stereocenters. The van der Waals surface area contributed by atoms with Crippen molar-refractivity contribution in [3.05, 3.63) is 47.5 Å². The van der Waals surface area contributed by atoms with Crippen molar-refractivity contribution in [3.63, 3.8) is 0 Å². The van der Waals surface area contributed by atoms with Gasteiger partial charge >= 0.3 is 6.18 Å². The molecule has 2 N–H and O–H groups in total.